The van der Waals surface area contributed by atoms with Gasteiger partial charge in [-0.05, 0) is 64.2 Å². The van der Waals surface area contributed by atoms with E-state index in [1.165, 1.54) is 17.0 Å². The van der Waals surface area contributed by atoms with Gasteiger partial charge in [0.2, 0.25) is 0 Å². The van der Waals surface area contributed by atoms with Gasteiger partial charge in [0.25, 0.3) is 5.56 Å². The van der Waals surface area contributed by atoms with E-state index < -0.39 is 0 Å². The van der Waals surface area contributed by atoms with Crippen LogP contribution in [0, 0.1) is 0 Å². The minimum absolute atomic E-state index is 0.0311. The standard InChI is InChI=1S/C23H29N3O3S/c1-4-28-19-11-10-16(12-20(19)29-5-2)15(3)24-14-17-13-22(27)26-18-8-6-7-9-21(18)30-23(26)25-17/h10-13,15,24H,4-9,14H2,1-3H3/t15-/m1/s1. The lowest BCUT2D eigenvalue weighted by Crippen LogP contribution is -2.22. The van der Waals surface area contributed by atoms with Crippen LogP contribution in [-0.4, -0.2) is 22.6 Å². The molecular formula is C23H29N3O3S. The molecule has 0 bridgehead atoms. The molecule has 0 spiro atoms. The van der Waals surface area contributed by atoms with Crippen LogP contribution in [0.4, 0.5) is 0 Å². The zero-order valence-electron chi connectivity index (χ0n) is 17.9. The number of hydrogen-bond acceptors (Lipinski definition) is 6. The van der Waals surface area contributed by atoms with Crippen LogP contribution in [0.1, 0.15) is 61.5 Å². The first-order chi connectivity index (χ1) is 14.6. The maximum absolute atomic E-state index is 12.7. The van der Waals surface area contributed by atoms with Gasteiger partial charge in [-0.1, -0.05) is 6.07 Å². The van der Waals surface area contributed by atoms with E-state index in [0.29, 0.717) is 19.8 Å². The highest BCUT2D eigenvalue weighted by Crippen LogP contribution is 2.31. The molecule has 1 aliphatic carbocycles. The number of nitrogens with zero attached hydrogens (tertiary/aromatic N) is 2. The van der Waals surface area contributed by atoms with Crippen LogP contribution in [0.2, 0.25) is 0 Å². The highest BCUT2D eigenvalue weighted by molar-refractivity contribution is 7.17. The molecule has 160 valence electrons. The summed E-state index contributed by atoms with van der Waals surface area (Å²) in [5.74, 6) is 1.52. The first-order valence-corrected chi connectivity index (χ1v) is 11.6. The minimum Gasteiger partial charge on any atom is -0.490 e. The third-order valence-electron chi connectivity index (χ3n) is 5.47. The van der Waals surface area contributed by atoms with Gasteiger partial charge in [-0.15, -0.1) is 11.3 Å². The molecule has 1 atom stereocenters. The molecule has 6 nitrogen and oxygen atoms in total. The van der Waals surface area contributed by atoms with Crippen molar-refractivity contribution in [1.82, 2.24) is 14.7 Å². The van der Waals surface area contributed by atoms with Crippen molar-refractivity contribution in [2.75, 3.05) is 13.2 Å². The smallest absolute Gasteiger partial charge is 0.259 e. The molecule has 1 aromatic carbocycles. The molecule has 0 saturated heterocycles. The Labute approximate surface area is 180 Å². The summed E-state index contributed by atoms with van der Waals surface area (Å²) in [4.78, 5) is 19.6. The normalized spacial score (nSPS) is 14.5. The van der Waals surface area contributed by atoms with E-state index in [0.717, 1.165) is 47.0 Å². The Kier molecular flexibility index (Phi) is 6.39. The lowest BCUT2D eigenvalue weighted by Gasteiger charge is -2.17. The summed E-state index contributed by atoms with van der Waals surface area (Å²) in [5.41, 5.74) is 3.08. The number of nitrogens with one attached hydrogen (secondary N) is 1. The minimum atomic E-state index is 0.0311. The van der Waals surface area contributed by atoms with Gasteiger partial charge in [-0.2, -0.15) is 0 Å². The van der Waals surface area contributed by atoms with E-state index in [4.69, 9.17) is 14.5 Å². The fourth-order valence-corrected chi connectivity index (χ4v) is 5.18. The summed E-state index contributed by atoms with van der Waals surface area (Å²) in [6.07, 6.45) is 4.39. The average Bonchev–Trinajstić information content (AvgIpc) is 3.12. The second-order valence-electron chi connectivity index (χ2n) is 7.56. The lowest BCUT2D eigenvalue weighted by atomic mass is 10.0. The van der Waals surface area contributed by atoms with Crippen molar-refractivity contribution in [3.05, 3.63) is 56.4 Å². The topological polar surface area (TPSA) is 64.9 Å². The summed E-state index contributed by atoms with van der Waals surface area (Å²) in [6.45, 7) is 7.75. The zero-order chi connectivity index (χ0) is 21.1. The first-order valence-electron chi connectivity index (χ1n) is 10.8. The van der Waals surface area contributed by atoms with Crippen molar-refractivity contribution >= 4 is 16.3 Å². The van der Waals surface area contributed by atoms with Crippen molar-refractivity contribution in [2.24, 2.45) is 0 Å². The van der Waals surface area contributed by atoms with Crippen LogP contribution >= 0.6 is 11.3 Å². The Morgan fingerprint density at radius 2 is 1.90 bits per heavy atom. The number of hydrogen-bond donors (Lipinski definition) is 1. The van der Waals surface area contributed by atoms with Crippen molar-refractivity contribution in [1.29, 1.82) is 0 Å². The second-order valence-corrected chi connectivity index (χ2v) is 8.62. The van der Waals surface area contributed by atoms with Crippen molar-refractivity contribution in [3.8, 4) is 11.5 Å². The molecule has 3 aromatic rings. The predicted octanol–water partition coefficient (Wildman–Crippen LogP) is 4.28. The van der Waals surface area contributed by atoms with Crippen molar-refractivity contribution < 1.29 is 9.47 Å². The largest absolute Gasteiger partial charge is 0.490 e. The van der Waals surface area contributed by atoms with Crippen molar-refractivity contribution in [2.45, 2.75) is 59.0 Å². The van der Waals surface area contributed by atoms with Gasteiger partial charge >= 0.3 is 0 Å². The molecule has 2 aromatic heterocycles. The molecule has 0 radical (unpaired) electrons. The third kappa shape index (κ3) is 4.23. The molecule has 2 heterocycles. The molecule has 0 fully saturated rings. The number of aryl methyl sites for hydroxylation is 2. The predicted molar refractivity (Wildman–Crippen MR) is 120 cm³/mol. The van der Waals surface area contributed by atoms with Crippen LogP contribution in [0.25, 0.3) is 4.96 Å². The number of ether oxygens (including phenoxy) is 2. The Morgan fingerprint density at radius 3 is 2.70 bits per heavy atom. The SMILES string of the molecule is CCOc1ccc([C@@H](C)NCc2cc(=O)n3c4c(sc3n2)CCCC4)cc1OCC. The van der Waals surface area contributed by atoms with E-state index in [-0.39, 0.29) is 11.6 Å². The Bertz CT molecular complexity index is 1090. The quantitative estimate of drug-likeness (QED) is 0.581. The molecule has 1 N–H and O–H groups in total. The number of aromatic nitrogens is 2. The van der Waals surface area contributed by atoms with Crippen LogP contribution in [0.3, 0.4) is 0 Å². The van der Waals surface area contributed by atoms with Crippen LogP contribution in [-0.2, 0) is 19.4 Å². The zero-order valence-corrected chi connectivity index (χ0v) is 18.7. The molecule has 0 saturated carbocycles. The average molecular weight is 428 g/mol. The second kappa shape index (κ2) is 9.18. The number of fused-ring (bicyclic) bond motifs is 3. The van der Waals surface area contributed by atoms with Crippen LogP contribution in [0.5, 0.6) is 11.5 Å². The Morgan fingerprint density at radius 1 is 1.13 bits per heavy atom. The molecule has 7 heteroatoms. The van der Waals surface area contributed by atoms with E-state index in [2.05, 4.69) is 12.2 Å². The van der Waals surface area contributed by atoms with Gasteiger partial charge in [-0.3, -0.25) is 9.20 Å². The van der Waals surface area contributed by atoms with E-state index in [9.17, 15) is 4.79 Å². The summed E-state index contributed by atoms with van der Waals surface area (Å²) in [6, 6.07) is 7.76. The molecular weight excluding hydrogens is 398 g/mol. The van der Waals surface area contributed by atoms with Crippen molar-refractivity contribution in [3.63, 3.8) is 0 Å². The molecule has 1 aliphatic rings. The van der Waals surface area contributed by atoms with Gasteiger partial charge < -0.3 is 14.8 Å². The van der Waals surface area contributed by atoms with E-state index in [1.807, 2.05) is 36.4 Å². The summed E-state index contributed by atoms with van der Waals surface area (Å²) in [7, 11) is 0. The number of rotatable bonds is 8. The first kappa shape index (κ1) is 20.9. The highest BCUT2D eigenvalue weighted by atomic mass is 32.1. The summed E-state index contributed by atoms with van der Waals surface area (Å²) >= 11 is 1.67. The molecule has 4 rings (SSSR count). The Hall–Kier alpha value is -2.38. The van der Waals surface area contributed by atoms with Crippen LogP contribution in [0.15, 0.2) is 29.1 Å². The summed E-state index contributed by atoms with van der Waals surface area (Å²) < 4.78 is 13.2. The number of thiazole rings is 1. The Balaban J connectivity index is 1.51. The molecule has 30 heavy (non-hydrogen) atoms. The van der Waals surface area contributed by atoms with Gasteiger partial charge in [0.1, 0.15) is 0 Å². The fourth-order valence-electron chi connectivity index (χ4n) is 3.94. The molecule has 0 amide bonds. The van der Waals surface area contributed by atoms with E-state index >= 15 is 0 Å². The highest BCUT2D eigenvalue weighted by Gasteiger charge is 2.18. The maximum atomic E-state index is 12.7. The van der Waals surface area contributed by atoms with E-state index in [1.54, 1.807) is 17.4 Å². The van der Waals surface area contributed by atoms with Gasteiger partial charge in [0, 0.05) is 29.2 Å². The lowest BCUT2D eigenvalue weighted by molar-refractivity contribution is 0.287. The molecule has 0 unspecified atom stereocenters. The fraction of sp³-hybridized carbons (Fsp3) is 0.478. The van der Waals surface area contributed by atoms with Gasteiger partial charge in [0.05, 0.1) is 18.9 Å². The number of benzene rings is 1. The third-order valence-corrected chi connectivity index (χ3v) is 6.61. The maximum Gasteiger partial charge on any atom is 0.259 e. The van der Waals surface area contributed by atoms with Gasteiger partial charge in [-0.25, -0.2) is 4.98 Å². The van der Waals surface area contributed by atoms with Gasteiger partial charge in [0.15, 0.2) is 16.5 Å². The summed E-state index contributed by atoms with van der Waals surface area (Å²) in [5, 5.41) is 3.49. The van der Waals surface area contributed by atoms with Crippen LogP contribution < -0.4 is 20.3 Å². The monoisotopic (exact) mass is 427 g/mol. The molecule has 0 aliphatic heterocycles.